The van der Waals surface area contributed by atoms with E-state index in [4.69, 9.17) is 9.47 Å². The molecule has 0 aliphatic carbocycles. The summed E-state index contributed by atoms with van der Waals surface area (Å²) in [4.78, 5) is 14.2. The Morgan fingerprint density at radius 1 is 1.26 bits per heavy atom. The molecule has 0 N–H and O–H groups in total. The number of carbonyl (C=O) groups excluding carboxylic acids is 1. The third-order valence-corrected chi connectivity index (χ3v) is 4.07. The zero-order valence-corrected chi connectivity index (χ0v) is 14.3. The Kier molecular flexibility index (Phi) is 4.06. The van der Waals surface area contributed by atoms with Crippen LogP contribution in [0, 0.1) is 0 Å². The normalized spacial score (nSPS) is 14.9. The van der Waals surface area contributed by atoms with E-state index in [9.17, 15) is 4.79 Å². The Morgan fingerprint density at radius 3 is 2.70 bits per heavy atom. The molecule has 0 saturated carbocycles. The van der Waals surface area contributed by atoms with Gasteiger partial charge in [-0.1, -0.05) is 18.2 Å². The highest BCUT2D eigenvalue weighted by atomic mass is 16.6. The molecule has 2 aromatic rings. The van der Waals surface area contributed by atoms with Crippen molar-refractivity contribution >= 4 is 17.0 Å². The van der Waals surface area contributed by atoms with Crippen molar-refractivity contribution in [2.24, 2.45) is 0 Å². The van der Waals surface area contributed by atoms with Crippen LogP contribution in [0.25, 0.3) is 10.9 Å². The monoisotopic (exact) mass is 316 g/mol. The van der Waals surface area contributed by atoms with E-state index in [2.05, 4.69) is 16.7 Å². The van der Waals surface area contributed by atoms with Crippen LogP contribution in [0.15, 0.2) is 24.3 Å². The van der Waals surface area contributed by atoms with Gasteiger partial charge in [0.1, 0.15) is 12.3 Å². The number of methoxy groups -OCH3 is 1. The molecule has 5 heteroatoms. The van der Waals surface area contributed by atoms with Crippen molar-refractivity contribution in [2.75, 3.05) is 13.7 Å². The van der Waals surface area contributed by atoms with Crippen LogP contribution in [-0.4, -0.2) is 34.8 Å². The second-order valence-electron chi connectivity index (χ2n) is 6.94. The molecule has 0 saturated heterocycles. The number of fused-ring (bicyclic) bond motifs is 3. The summed E-state index contributed by atoms with van der Waals surface area (Å²) < 4.78 is 13.1. The highest BCUT2D eigenvalue weighted by molar-refractivity contribution is 5.86. The minimum absolute atomic E-state index is 0.244. The summed E-state index contributed by atoms with van der Waals surface area (Å²) in [7, 11) is 1.71. The molecule has 0 fully saturated rings. The Morgan fingerprint density at radius 2 is 2.00 bits per heavy atom. The first-order valence-electron chi connectivity index (χ1n) is 7.96. The predicted molar refractivity (Wildman–Crippen MR) is 89.3 cm³/mol. The van der Waals surface area contributed by atoms with Gasteiger partial charge in [-0.25, -0.2) is 4.79 Å². The van der Waals surface area contributed by atoms with Gasteiger partial charge < -0.3 is 18.9 Å². The van der Waals surface area contributed by atoms with E-state index in [0.29, 0.717) is 19.8 Å². The molecule has 5 nitrogen and oxygen atoms in total. The standard InChI is InChI=1S/C18H24N2O3/c1-18(2,3)23-17(21)19-10-9-16-14(11-19)13-7-5-6-8-15(13)20(16)12-22-4/h5-8H,9-12H2,1-4H3. The molecule has 23 heavy (non-hydrogen) atoms. The zero-order chi connectivity index (χ0) is 16.6. The fraction of sp³-hybridized carbons (Fsp3) is 0.500. The maximum atomic E-state index is 12.4. The minimum Gasteiger partial charge on any atom is -0.444 e. The maximum absolute atomic E-state index is 12.4. The summed E-state index contributed by atoms with van der Waals surface area (Å²) in [5.74, 6) is 0. The van der Waals surface area contributed by atoms with Gasteiger partial charge in [-0.05, 0) is 26.8 Å². The molecule has 1 amide bonds. The molecule has 0 atom stereocenters. The summed E-state index contributed by atoms with van der Waals surface area (Å²) in [6.45, 7) is 7.46. The first kappa shape index (κ1) is 15.9. The number of para-hydroxylation sites is 1. The number of hydrogen-bond acceptors (Lipinski definition) is 3. The van der Waals surface area contributed by atoms with Gasteiger partial charge in [0.25, 0.3) is 0 Å². The molecule has 0 radical (unpaired) electrons. The van der Waals surface area contributed by atoms with Crippen molar-refractivity contribution in [2.45, 2.75) is 46.1 Å². The number of aromatic nitrogens is 1. The Balaban J connectivity index is 1.94. The van der Waals surface area contributed by atoms with E-state index in [0.717, 1.165) is 11.9 Å². The average Bonchev–Trinajstić information content (AvgIpc) is 2.80. The van der Waals surface area contributed by atoms with Crippen LogP contribution in [0.2, 0.25) is 0 Å². The van der Waals surface area contributed by atoms with E-state index >= 15 is 0 Å². The third kappa shape index (κ3) is 3.06. The lowest BCUT2D eigenvalue weighted by molar-refractivity contribution is 0.0221. The number of benzene rings is 1. The lowest BCUT2D eigenvalue weighted by Gasteiger charge is -2.30. The Labute approximate surface area is 136 Å². The Hall–Kier alpha value is -2.01. The van der Waals surface area contributed by atoms with Gasteiger partial charge >= 0.3 is 6.09 Å². The third-order valence-electron chi connectivity index (χ3n) is 4.07. The van der Waals surface area contributed by atoms with Gasteiger partial charge in [-0.2, -0.15) is 0 Å². The molecule has 0 spiro atoms. The predicted octanol–water partition coefficient (Wildman–Crippen LogP) is 3.54. The summed E-state index contributed by atoms with van der Waals surface area (Å²) in [5, 5.41) is 1.19. The number of ether oxygens (including phenoxy) is 2. The van der Waals surface area contributed by atoms with E-state index in [1.807, 2.05) is 32.9 Å². The highest BCUT2D eigenvalue weighted by Gasteiger charge is 2.29. The van der Waals surface area contributed by atoms with Gasteiger partial charge in [0.05, 0.1) is 12.1 Å². The van der Waals surface area contributed by atoms with E-state index in [1.54, 1.807) is 12.0 Å². The second-order valence-corrected chi connectivity index (χ2v) is 6.94. The van der Waals surface area contributed by atoms with Crippen LogP contribution < -0.4 is 0 Å². The largest absolute Gasteiger partial charge is 0.444 e. The smallest absolute Gasteiger partial charge is 0.410 e. The molecule has 1 aromatic heterocycles. The van der Waals surface area contributed by atoms with Gasteiger partial charge in [0.15, 0.2) is 0 Å². The lowest BCUT2D eigenvalue weighted by atomic mass is 10.0. The SMILES string of the molecule is COCn1c2c(c3ccccc31)CN(C(=O)OC(C)(C)C)CC2. The molecule has 0 unspecified atom stereocenters. The van der Waals surface area contributed by atoms with Crippen molar-refractivity contribution in [1.82, 2.24) is 9.47 Å². The average molecular weight is 316 g/mol. The van der Waals surface area contributed by atoms with Crippen LogP contribution >= 0.6 is 0 Å². The van der Waals surface area contributed by atoms with Crippen molar-refractivity contribution in [3.05, 3.63) is 35.5 Å². The van der Waals surface area contributed by atoms with Gasteiger partial charge in [0, 0.05) is 36.7 Å². The highest BCUT2D eigenvalue weighted by Crippen LogP contribution is 2.31. The zero-order valence-electron chi connectivity index (χ0n) is 14.3. The summed E-state index contributed by atoms with van der Waals surface area (Å²) in [5.41, 5.74) is 3.15. The molecule has 1 aromatic carbocycles. The number of amides is 1. The lowest BCUT2D eigenvalue weighted by Crippen LogP contribution is -2.40. The van der Waals surface area contributed by atoms with Gasteiger partial charge in [-0.3, -0.25) is 0 Å². The van der Waals surface area contributed by atoms with Crippen LogP contribution in [-0.2, 0) is 29.2 Å². The van der Waals surface area contributed by atoms with Crippen molar-refractivity contribution < 1.29 is 14.3 Å². The molecular formula is C18H24N2O3. The van der Waals surface area contributed by atoms with E-state index < -0.39 is 5.60 Å². The van der Waals surface area contributed by atoms with Crippen LogP contribution in [0.3, 0.4) is 0 Å². The first-order valence-corrected chi connectivity index (χ1v) is 7.96. The first-order chi connectivity index (χ1) is 10.9. The topological polar surface area (TPSA) is 43.7 Å². The number of rotatable bonds is 2. The van der Waals surface area contributed by atoms with Crippen LogP contribution in [0.1, 0.15) is 32.0 Å². The molecule has 124 valence electrons. The molecule has 2 heterocycles. The van der Waals surface area contributed by atoms with Crippen molar-refractivity contribution in [1.29, 1.82) is 0 Å². The van der Waals surface area contributed by atoms with Gasteiger partial charge in [-0.15, -0.1) is 0 Å². The second kappa shape index (κ2) is 5.89. The minimum atomic E-state index is -0.471. The summed E-state index contributed by atoms with van der Waals surface area (Å²) >= 11 is 0. The molecule has 3 rings (SSSR count). The summed E-state index contributed by atoms with van der Waals surface area (Å²) in [6, 6.07) is 8.28. The molecular weight excluding hydrogens is 292 g/mol. The van der Waals surface area contributed by atoms with Crippen molar-refractivity contribution in [3.63, 3.8) is 0 Å². The molecule has 1 aliphatic rings. The number of nitrogens with zero attached hydrogens (tertiary/aromatic N) is 2. The molecule has 0 bridgehead atoms. The van der Waals surface area contributed by atoms with E-state index in [1.165, 1.54) is 16.6 Å². The van der Waals surface area contributed by atoms with Crippen molar-refractivity contribution in [3.8, 4) is 0 Å². The van der Waals surface area contributed by atoms with Crippen LogP contribution in [0.5, 0.6) is 0 Å². The quantitative estimate of drug-likeness (QED) is 0.851. The fourth-order valence-electron chi connectivity index (χ4n) is 3.16. The maximum Gasteiger partial charge on any atom is 0.410 e. The molecule has 1 aliphatic heterocycles. The number of hydrogen-bond donors (Lipinski definition) is 0. The fourth-order valence-corrected chi connectivity index (χ4v) is 3.16. The van der Waals surface area contributed by atoms with Gasteiger partial charge in [0.2, 0.25) is 0 Å². The van der Waals surface area contributed by atoms with Crippen LogP contribution in [0.4, 0.5) is 4.79 Å². The van der Waals surface area contributed by atoms with E-state index in [-0.39, 0.29) is 6.09 Å². The summed E-state index contributed by atoms with van der Waals surface area (Å²) in [6.07, 6.45) is 0.568. The Bertz CT molecular complexity index is 728. The number of carbonyl (C=O) groups is 1.